The zero-order valence-electron chi connectivity index (χ0n) is 19.1. The van der Waals surface area contributed by atoms with Gasteiger partial charge in [-0.15, -0.1) is 11.3 Å². The van der Waals surface area contributed by atoms with E-state index in [1.165, 1.54) is 15.6 Å². The van der Waals surface area contributed by atoms with Crippen LogP contribution in [0, 0.1) is 20.8 Å². The minimum atomic E-state index is -3.51. The Balaban J connectivity index is 1.27. The van der Waals surface area contributed by atoms with Gasteiger partial charge in [-0.05, 0) is 64.2 Å². The predicted molar refractivity (Wildman–Crippen MR) is 129 cm³/mol. The van der Waals surface area contributed by atoms with E-state index < -0.39 is 10.0 Å². The summed E-state index contributed by atoms with van der Waals surface area (Å²) in [7, 11) is -3.51. The van der Waals surface area contributed by atoms with Crippen molar-refractivity contribution in [2.75, 3.05) is 13.1 Å². The van der Waals surface area contributed by atoms with Crippen LogP contribution < -0.4 is 5.32 Å². The molecule has 174 valence electrons. The second-order valence-electron chi connectivity index (χ2n) is 9.14. The number of amides is 1. The maximum absolute atomic E-state index is 13.1. The van der Waals surface area contributed by atoms with Crippen molar-refractivity contribution in [3.05, 3.63) is 51.8 Å². The van der Waals surface area contributed by atoms with E-state index in [4.69, 9.17) is 4.98 Å². The quantitative estimate of drug-likeness (QED) is 0.589. The summed E-state index contributed by atoms with van der Waals surface area (Å²) >= 11 is 1.43. The molecule has 1 aromatic carbocycles. The number of nitrogens with zero attached hydrogens (tertiary/aromatic N) is 3. The molecule has 9 heteroatoms. The lowest BCUT2D eigenvalue weighted by Crippen LogP contribution is -2.46. The van der Waals surface area contributed by atoms with Gasteiger partial charge in [-0.25, -0.2) is 18.4 Å². The molecule has 0 unspecified atom stereocenters. The van der Waals surface area contributed by atoms with Gasteiger partial charge in [0, 0.05) is 30.4 Å². The third-order valence-electron chi connectivity index (χ3n) is 6.58. The fraction of sp³-hybridized carbons (Fsp3) is 0.458. The molecule has 0 radical (unpaired) electrons. The van der Waals surface area contributed by atoms with Crippen LogP contribution in [0.15, 0.2) is 29.2 Å². The number of piperidine rings is 1. The highest BCUT2D eigenvalue weighted by atomic mass is 32.2. The van der Waals surface area contributed by atoms with E-state index in [0.717, 1.165) is 45.7 Å². The molecule has 1 saturated heterocycles. The fourth-order valence-corrected chi connectivity index (χ4v) is 7.06. The number of carbonyl (C=O) groups excluding carboxylic acids is 1. The van der Waals surface area contributed by atoms with Gasteiger partial charge in [-0.3, -0.25) is 4.79 Å². The van der Waals surface area contributed by atoms with E-state index in [0.29, 0.717) is 41.6 Å². The minimum absolute atomic E-state index is 0.0548. The number of hydrogen-bond donors (Lipinski definition) is 1. The SMILES string of the molecule is Cc1ccc(S(=O)(=O)N2CCC(NC(=O)c3sc4nc(C5CC5)nc(C)c4c3C)CC2)cc1. The van der Waals surface area contributed by atoms with E-state index in [9.17, 15) is 13.2 Å². The first-order chi connectivity index (χ1) is 15.7. The first-order valence-electron chi connectivity index (χ1n) is 11.4. The van der Waals surface area contributed by atoms with Crippen molar-refractivity contribution >= 4 is 37.5 Å². The van der Waals surface area contributed by atoms with Crippen LogP contribution in [0.1, 0.15) is 63.9 Å². The van der Waals surface area contributed by atoms with Crippen LogP contribution in [0.4, 0.5) is 0 Å². The summed E-state index contributed by atoms with van der Waals surface area (Å²) in [4.78, 5) is 24.4. The van der Waals surface area contributed by atoms with Crippen molar-refractivity contribution in [1.82, 2.24) is 19.6 Å². The number of rotatable bonds is 5. The average molecular weight is 485 g/mol. The standard InChI is InChI=1S/C24H28N4O3S2/c1-14-4-8-19(9-5-14)33(30,31)28-12-10-18(11-13-28)26-23(29)21-15(2)20-16(3)25-22(17-6-7-17)27-24(20)32-21/h4-5,8-9,17-18H,6-7,10-13H2,1-3H3,(H,26,29). The first kappa shape index (κ1) is 22.4. The summed E-state index contributed by atoms with van der Waals surface area (Å²) < 4.78 is 27.4. The highest BCUT2D eigenvalue weighted by Crippen LogP contribution is 2.40. The van der Waals surface area contributed by atoms with Gasteiger partial charge in [0.15, 0.2) is 0 Å². The monoisotopic (exact) mass is 484 g/mol. The van der Waals surface area contributed by atoms with Gasteiger partial charge in [0.1, 0.15) is 10.7 Å². The number of nitrogens with one attached hydrogen (secondary N) is 1. The van der Waals surface area contributed by atoms with E-state index >= 15 is 0 Å². The predicted octanol–water partition coefficient (Wildman–Crippen LogP) is 4.08. The molecule has 5 rings (SSSR count). The van der Waals surface area contributed by atoms with E-state index in [1.54, 1.807) is 12.1 Å². The van der Waals surface area contributed by atoms with Crippen LogP contribution >= 0.6 is 11.3 Å². The Morgan fingerprint density at radius 1 is 1.03 bits per heavy atom. The molecule has 1 saturated carbocycles. The summed E-state index contributed by atoms with van der Waals surface area (Å²) in [5, 5.41) is 4.11. The lowest BCUT2D eigenvalue weighted by molar-refractivity contribution is 0.0927. The topological polar surface area (TPSA) is 92.3 Å². The molecule has 2 aliphatic rings. The maximum atomic E-state index is 13.1. The molecule has 0 atom stereocenters. The molecule has 1 aliphatic heterocycles. The van der Waals surface area contributed by atoms with E-state index in [-0.39, 0.29) is 11.9 Å². The fourth-order valence-electron chi connectivity index (χ4n) is 4.45. The van der Waals surface area contributed by atoms with Crippen molar-refractivity contribution < 1.29 is 13.2 Å². The number of hydrogen-bond acceptors (Lipinski definition) is 6. The molecule has 2 fully saturated rings. The molecule has 3 heterocycles. The molecule has 1 amide bonds. The Bertz CT molecular complexity index is 1320. The Kier molecular flexibility index (Phi) is 5.74. The van der Waals surface area contributed by atoms with Crippen LogP contribution in [-0.2, 0) is 10.0 Å². The molecule has 2 aromatic heterocycles. The zero-order chi connectivity index (χ0) is 23.3. The molecule has 0 bridgehead atoms. The molecule has 0 spiro atoms. The number of benzene rings is 1. The molecule has 7 nitrogen and oxygen atoms in total. The average Bonchev–Trinajstić information content (AvgIpc) is 3.58. The molecule has 3 aromatic rings. The molecule has 1 N–H and O–H groups in total. The van der Waals surface area contributed by atoms with Crippen molar-refractivity contribution in [3.63, 3.8) is 0 Å². The Labute approximate surface area is 198 Å². The largest absolute Gasteiger partial charge is 0.349 e. The summed E-state index contributed by atoms with van der Waals surface area (Å²) in [6.07, 6.45) is 3.46. The van der Waals surface area contributed by atoms with Crippen molar-refractivity contribution in [2.24, 2.45) is 0 Å². The van der Waals surface area contributed by atoms with Crippen LogP contribution in [0.2, 0.25) is 0 Å². The number of aromatic nitrogens is 2. The van der Waals surface area contributed by atoms with Crippen molar-refractivity contribution in [1.29, 1.82) is 0 Å². The number of thiophene rings is 1. The molecule has 33 heavy (non-hydrogen) atoms. The number of sulfonamides is 1. The van der Waals surface area contributed by atoms with Gasteiger partial charge < -0.3 is 5.32 Å². The Morgan fingerprint density at radius 2 is 1.70 bits per heavy atom. The number of carbonyl (C=O) groups is 1. The highest BCUT2D eigenvalue weighted by molar-refractivity contribution is 7.89. The zero-order valence-corrected chi connectivity index (χ0v) is 20.7. The summed E-state index contributed by atoms with van der Waals surface area (Å²) in [6, 6.07) is 6.88. The first-order valence-corrected chi connectivity index (χ1v) is 13.6. The highest BCUT2D eigenvalue weighted by Gasteiger charge is 2.31. The third kappa shape index (κ3) is 4.29. The van der Waals surface area contributed by atoms with Crippen LogP contribution in [0.3, 0.4) is 0 Å². The lowest BCUT2D eigenvalue weighted by Gasteiger charge is -2.31. The summed E-state index contributed by atoms with van der Waals surface area (Å²) in [6.45, 7) is 6.66. The van der Waals surface area contributed by atoms with Gasteiger partial charge in [-0.1, -0.05) is 17.7 Å². The second kappa shape index (κ2) is 8.45. The van der Waals surface area contributed by atoms with E-state index in [2.05, 4.69) is 10.3 Å². The summed E-state index contributed by atoms with van der Waals surface area (Å²) in [5.74, 6) is 1.26. The van der Waals surface area contributed by atoms with Gasteiger partial charge >= 0.3 is 0 Å². The van der Waals surface area contributed by atoms with Gasteiger partial charge in [-0.2, -0.15) is 4.31 Å². The molecule has 1 aliphatic carbocycles. The van der Waals surface area contributed by atoms with Crippen molar-refractivity contribution in [2.45, 2.75) is 63.3 Å². The van der Waals surface area contributed by atoms with Crippen LogP contribution in [0.25, 0.3) is 10.2 Å². The maximum Gasteiger partial charge on any atom is 0.261 e. The smallest absolute Gasteiger partial charge is 0.261 e. The van der Waals surface area contributed by atoms with Crippen molar-refractivity contribution in [3.8, 4) is 0 Å². The van der Waals surface area contributed by atoms with Gasteiger partial charge in [0.2, 0.25) is 10.0 Å². The van der Waals surface area contributed by atoms with Gasteiger partial charge in [0.05, 0.1) is 15.5 Å². The summed E-state index contributed by atoms with van der Waals surface area (Å²) in [5.41, 5.74) is 2.88. The van der Waals surface area contributed by atoms with E-state index in [1.807, 2.05) is 32.9 Å². The molecular weight excluding hydrogens is 456 g/mol. The number of aryl methyl sites for hydroxylation is 3. The lowest BCUT2D eigenvalue weighted by atomic mass is 10.1. The second-order valence-corrected chi connectivity index (χ2v) is 12.1. The normalized spacial score (nSPS) is 18.0. The molecular formula is C24H28N4O3S2. The van der Waals surface area contributed by atoms with Crippen LogP contribution in [-0.4, -0.2) is 47.7 Å². The Morgan fingerprint density at radius 3 is 2.33 bits per heavy atom. The Hall–Kier alpha value is -2.36. The third-order valence-corrected chi connectivity index (χ3v) is 9.68. The van der Waals surface area contributed by atoms with Crippen LogP contribution in [0.5, 0.6) is 0 Å². The number of fused-ring (bicyclic) bond motifs is 1. The minimum Gasteiger partial charge on any atom is -0.349 e. The van der Waals surface area contributed by atoms with Gasteiger partial charge in [0.25, 0.3) is 5.91 Å².